The maximum absolute atomic E-state index is 12.6. The number of anilines is 1. The average molecular weight is 522 g/mol. The Morgan fingerprint density at radius 2 is 1.92 bits per heavy atom. The Labute approximate surface area is 219 Å². The number of H-pyrrole nitrogens is 1. The van der Waals surface area contributed by atoms with Gasteiger partial charge in [0.15, 0.2) is 0 Å². The fourth-order valence-electron chi connectivity index (χ4n) is 3.86. The second-order valence-corrected chi connectivity index (χ2v) is 10.8. The van der Waals surface area contributed by atoms with Crippen molar-refractivity contribution in [2.75, 3.05) is 11.1 Å². The number of hydrogen-bond acceptors (Lipinski definition) is 7. The van der Waals surface area contributed by atoms with E-state index in [0.717, 1.165) is 45.0 Å². The fraction of sp³-hybridized carbons (Fsp3) is 0.333. The van der Waals surface area contributed by atoms with Gasteiger partial charge in [0.1, 0.15) is 11.6 Å². The number of thioether (sulfide) groups is 1. The average Bonchev–Trinajstić information content (AvgIpc) is 3.45. The second kappa shape index (κ2) is 11.1. The lowest BCUT2D eigenvalue weighted by molar-refractivity contribution is -0.113. The van der Waals surface area contributed by atoms with Gasteiger partial charge in [-0.2, -0.15) is 0 Å². The van der Waals surface area contributed by atoms with Gasteiger partial charge in [0.2, 0.25) is 11.8 Å². The van der Waals surface area contributed by atoms with Gasteiger partial charge in [0, 0.05) is 29.2 Å². The van der Waals surface area contributed by atoms with Crippen LogP contribution in [0.15, 0.2) is 58.3 Å². The van der Waals surface area contributed by atoms with Crippen LogP contribution in [0, 0.1) is 13.8 Å². The minimum atomic E-state index is -0.658. The molecule has 4 aromatic rings. The van der Waals surface area contributed by atoms with E-state index in [1.54, 1.807) is 20.8 Å². The van der Waals surface area contributed by atoms with E-state index in [-0.39, 0.29) is 22.8 Å². The molecule has 4 rings (SSSR count). The molecule has 1 atom stereocenters. The smallest absolute Gasteiger partial charge is 0.408 e. The van der Waals surface area contributed by atoms with Crippen LogP contribution in [-0.2, 0) is 16.0 Å². The number of aryl methyl sites for hydroxylation is 2. The van der Waals surface area contributed by atoms with E-state index in [0.29, 0.717) is 6.42 Å². The number of nitrogens with zero attached hydrogens (tertiary/aromatic N) is 2. The molecule has 0 fully saturated rings. The van der Waals surface area contributed by atoms with Crippen LogP contribution < -0.4 is 10.6 Å². The van der Waals surface area contributed by atoms with E-state index >= 15 is 0 Å². The largest absolute Gasteiger partial charge is 0.444 e. The first-order valence-corrected chi connectivity index (χ1v) is 12.9. The Kier molecular flexibility index (Phi) is 7.87. The molecule has 1 unspecified atom stereocenters. The van der Waals surface area contributed by atoms with Crippen molar-refractivity contribution in [1.29, 1.82) is 0 Å². The van der Waals surface area contributed by atoms with Crippen molar-refractivity contribution in [2.24, 2.45) is 0 Å². The summed E-state index contributed by atoms with van der Waals surface area (Å²) >= 11 is 1.13. The summed E-state index contributed by atoms with van der Waals surface area (Å²) in [4.78, 5) is 28.3. The minimum Gasteiger partial charge on any atom is -0.444 e. The molecule has 0 aliphatic rings. The lowest BCUT2D eigenvalue weighted by Gasteiger charge is -2.22. The van der Waals surface area contributed by atoms with Crippen LogP contribution in [0.2, 0.25) is 0 Å². The minimum absolute atomic E-state index is 0.0988. The van der Waals surface area contributed by atoms with Gasteiger partial charge in [-0.3, -0.25) is 4.79 Å². The molecule has 2 aromatic heterocycles. The predicted octanol–water partition coefficient (Wildman–Crippen LogP) is 5.71. The van der Waals surface area contributed by atoms with Gasteiger partial charge in [-0.15, -0.1) is 10.2 Å². The SMILES string of the molecule is Cc1ccc(NC(=O)CSc2nnc(C(Cc3c[nH]c4ccccc34)NC(=O)OC(C)(C)C)o2)c(C)c1. The van der Waals surface area contributed by atoms with Gasteiger partial charge < -0.3 is 24.8 Å². The molecule has 2 aromatic carbocycles. The first kappa shape index (κ1) is 26.3. The number of aromatic nitrogens is 3. The predicted molar refractivity (Wildman–Crippen MR) is 144 cm³/mol. The number of benzene rings is 2. The third kappa shape index (κ3) is 7.13. The zero-order chi connectivity index (χ0) is 26.6. The third-order valence-corrected chi connectivity index (χ3v) is 6.31. The van der Waals surface area contributed by atoms with Crippen LogP contribution >= 0.6 is 11.8 Å². The van der Waals surface area contributed by atoms with E-state index in [4.69, 9.17) is 9.15 Å². The van der Waals surface area contributed by atoms with E-state index in [1.807, 2.05) is 62.5 Å². The molecular weight excluding hydrogens is 490 g/mol. The lowest BCUT2D eigenvalue weighted by atomic mass is 10.1. The van der Waals surface area contributed by atoms with Crippen molar-refractivity contribution >= 4 is 40.4 Å². The van der Waals surface area contributed by atoms with Gasteiger partial charge in [-0.05, 0) is 57.9 Å². The van der Waals surface area contributed by atoms with Crippen LogP contribution in [0.3, 0.4) is 0 Å². The highest BCUT2D eigenvalue weighted by atomic mass is 32.2. The summed E-state index contributed by atoms with van der Waals surface area (Å²) in [5, 5.41) is 15.3. The molecule has 0 bridgehead atoms. The van der Waals surface area contributed by atoms with Crippen molar-refractivity contribution in [3.8, 4) is 0 Å². The quantitative estimate of drug-likeness (QED) is 0.254. The maximum Gasteiger partial charge on any atom is 0.408 e. The first-order valence-electron chi connectivity index (χ1n) is 12.0. The molecule has 2 amide bonds. The zero-order valence-corrected chi connectivity index (χ0v) is 22.4. The normalized spacial score (nSPS) is 12.4. The molecule has 9 nitrogen and oxygen atoms in total. The number of fused-ring (bicyclic) bond motifs is 1. The Balaban J connectivity index is 1.46. The summed E-state index contributed by atoms with van der Waals surface area (Å²) in [7, 11) is 0. The van der Waals surface area contributed by atoms with Crippen LogP contribution in [-0.4, -0.2) is 38.5 Å². The summed E-state index contributed by atoms with van der Waals surface area (Å²) in [6.45, 7) is 9.35. The summed E-state index contributed by atoms with van der Waals surface area (Å²) in [5.74, 6) is 0.147. The van der Waals surface area contributed by atoms with Crippen LogP contribution in [0.4, 0.5) is 10.5 Å². The highest BCUT2D eigenvalue weighted by Gasteiger charge is 2.26. The fourth-order valence-corrected chi connectivity index (χ4v) is 4.43. The molecule has 0 saturated carbocycles. The monoisotopic (exact) mass is 521 g/mol. The van der Waals surface area contributed by atoms with Gasteiger partial charge in [0.05, 0.1) is 5.75 Å². The van der Waals surface area contributed by atoms with E-state index < -0.39 is 17.7 Å². The molecule has 37 heavy (non-hydrogen) atoms. The van der Waals surface area contributed by atoms with Crippen molar-refractivity contribution in [2.45, 2.75) is 57.9 Å². The van der Waals surface area contributed by atoms with Crippen molar-refractivity contribution in [1.82, 2.24) is 20.5 Å². The molecule has 0 aliphatic heterocycles. The molecule has 2 heterocycles. The van der Waals surface area contributed by atoms with Crippen LogP contribution in [0.1, 0.15) is 49.4 Å². The zero-order valence-electron chi connectivity index (χ0n) is 21.5. The second-order valence-electron chi connectivity index (χ2n) is 9.82. The van der Waals surface area contributed by atoms with Gasteiger partial charge >= 0.3 is 6.09 Å². The summed E-state index contributed by atoms with van der Waals surface area (Å²) < 4.78 is 11.3. The van der Waals surface area contributed by atoms with E-state index in [1.165, 1.54) is 0 Å². The molecule has 0 saturated heterocycles. The number of amides is 2. The number of rotatable bonds is 8. The van der Waals surface area contributed by atoms with E-state index in [2.05, 4.69) is 25.8 Å². The standard InChI is InChI=1S/C27H31N5O4S/c1-16-10-11-20(17(2)12-16)29-23(33)15-37-26-32-31-24(35-26)22(30-25(34)36-27(3,4)5)13-18-14-28-21-9-7-6-8-19(18)21/h6-12,14,22,28H,13,15H2,1-5H3,(H,29,33)(H,30,34). The number of carbonyl (C=O) groups is 2. The number of ether oxygens (including phenoxy) is 1. The molecule has 194 valence electrons. The Morgan fingerprint density at radius 3 is 2.68 bits per heavy atom. The number of aromatic amines is 1. The maximum atomic E-state index is 12.6. The molecule has 0 radical (unpaired) electrons. The van der Waals surface area contributed by atoms with Crippen molar-refractivity contribution in [3.05, 3.63) is 71.2 Å². The number of alkyl carbamates (subject to hydrolysis) is 1. The molecule has 10 heteroatoms. The summed E-state index contributed by atoms with van der Waals surface area (Å²) in [6.07, 6.45) is 1.72. The number of carbonyl (C=O) groups excluding carboxylic acids is 2. The van der Waals surface area contributed by atoms with E-state index in [9.17, 15) is 9.59 Å². The van der Waals surface area contributed by atoms with Crippen LogP contribution in [0.5, 0.6) is 0 Å². The number of para-hydroxylation sites is 1. The Hall–Kier alpha value is -3.79. The van der Waals surface area contributed by atoms with Crippen molar-refractivity contribution in [3.63, 3.8) is 0 Å². The number of nitrogens with one attached hydrogen (secondary N) is 3. The number of hydrogen-bond donors (Lipinski definition) is 3. The van der Waals surface area contributed by atoms with Gasteiger partial charge in [-0.25, -0.2) is 4.79 Å². The topological polar surface area (TPSA) is 122 Å². The molecule has 3 N–H and O–H groups in total. The van der Waals surface area contributed by atoms with Gasteiger partial charge in [0.25, 0.3) is 5.22 Å². The molecular formula is C27H31N5O4S. The third-order valence-electron chi connectivity index (χ3n) is 5.49. The lowest BCUT2D eigenvalue weighted by Crippen LogP contribution is -2.36. The Bertz CT molecular complexity index is 1410. The summed E-state index contributed by atoms with van der Waals surface area (Å²) in [6, 6.07) is 13.1. The van der Waals surface area contributed by atoms with Crippen molar-refractivity contribution < 1.29 is 18.7 Å². The van der Waals surface area contributed by atoms with Crippen LogP contribution in [0.25, 0.3) is 10.9 Å². The molecule has 0 aliphatic carbocycles. The molecule has 0 spiro atoms. The highest BCUT2D eigenvalue weighted by molar-refractivity contribution is 7.99. The highest BCUT2D eigenvalue weighted by Crippen LogP contribution is 2.27. The van der Waals surface area contributed by atoms with Gasteiger partial charge in [-0.1, -0.05) is 47.7 Å². The first-order chi connectivity index (χ1) is 17.6. The Morgan fingerprint density at radius 1 is 1.14 bits per heavy atom. The summed E-state index contributed by atoms with van der Waals surface area (Å²) in [5.41, 5.74) is 4.20.